The molecule has 0 aliphatic heterocycles. The van der Waals surface area contributed by atoms with Gasteiger partial charge in [-0.05, 0) is 21.9 Å². The van der Waals surface area contributed by atoms with E-state index in [0.717, 1.165) is 21.9 Å². The number of nitriles is 1. The molecule has 3 rings (SSSR count). The van der Waals surface area contributed by atoms with Crippen molar-refractivity contribution < 1.29 is 5.11 Å². The summed E-state index contributed by atoms with van der Waals surface area (Å²) in [5, 5.41) is 22.2. The van der Waals surface area contributed by atoms with Crippen molar-refractivity contribution in [2.75, 3.05) is 0 Å². The lowest BCUT2D eigenvalue weighted by Crippen LogP contribution is -2.09. The predicted molar refractivity (Wildman–Crippen MR) is 83.7 cm³/mol. The summed E-state index contributed by atoms with van der Waals surface area (Å²) in [5.41, 5.74) is 1.63. The van der Waals surface area contributed by atoms with Crippen LogP contribution in [0.2, 0.25) is 0 Å². The van der Waals surface area contributed by atoms with Crippen molar-refractivity contribution in [3.63, 3.8) is 0 Å². The van der Waals surface area contributed by atoms with Crippen LogP contribution in [0.4, 0.5) is 0 Å². The molecule has 3 aromatic rings. The Kier molecular flexibility index (Phi) is 3.68. The van der Waals surface area contributed by atoms with Crippen LogP contribution in [0.3, 0.4) is 0 Å². The van der Waals surface area contributed by atoms with Crippen LogP contribution in [0.1, 0.15) is 23.1 Å². The van der Waals surface area contributed by atoms with Crippen molar-refractivity contribution in [2.24, 2.45) is 0 Å². The van der Waals surface area contributed by atoms with E-state index in [1.54, 1.807) is 0 Å². The molecule has 0 saturated carbocycles. The number of benzene rings is 3. The second-order valence-electron chi connectivity index (χ2n) is 5.03. The second kappa shape index (κ2) is 5.78. The fourth-order valence-electron chi connectivity index (χ4n) is 2.67. The largest absolute Gasteiger partial charge is 0.387 e. The first-order chi connectivity index (χ1) is 10.3. The highest BCUT2D eigenvalue weighted by molar-refractivity contribution is 5.86. The molecule has 0 aliphatic rings. The molecule has 0 bridgehead atoms. The van der Waals surface area contributed by atoms with Gasteiger partial charge in [0.2, 0.25) is 0 Å². The minimum Gasteiger partial charge on any atom is -0.387 e. The highest BCUT2D eigenvalue weighted by Gasteiger charge is 2.23. The summed E-state index contributed by atoms with van der Waals surface area (Å²) in [7, 11) is 0. The van der Waals surface area contributed by atoms with Crippen LogP contribution in [0.5, 0.6) is 0 Å². The van der Waals surface area contributed by atoms with Gasteiger partial charge in [-0.3, -0.25) is 0 Å². The summed E-state index contributed by atoms with van der Waals surface area (Å²) in [5.74, 6) is -0.585. The van der Waals surface area contributed by atoms with Crippen LogP contribution < -0.4 is 0 Å². The van der Waals surface area contributed by atoms with E-state index in [-0.39, 0.29) is 0 Å². The molecule has 0 aromatic heterocycles. The number of nitrogens with zero attached hydrogens (tertiary/aromatic N) is 1. The molecular weight excluding hydrogens is 258 g/mol. The van der Waals surface area contributed by atoms with Crippen LogP contribution in [0, 0.1) is 11.3 Å². The zero-order valence-corrected chi connectivity index (χ0v) is 11.5. The third kappa shape index (κ3) is 2.52. The van der Waals surface area contributed by atoms with E-state index in [0.29, 0.717) is 0 Å². The lowest BCUT2D eigenvalue weighted by Gasteiger charge is -2.19. The van der Waals surface area contributed by atoms with Gasteiger partial charge in [-0.25, -0.2) is 0 Å². The van der Waals surface area contributed by atoms with Crippen molar-refractivity contribution in [1.29, 1.82) is 5.26 Å². The maximum Gasteiger partial charge on any atom is 0.102 e. The molecule has 1 N–H and O–H groups in total. The van der Waals surface area contributed by atoms with Gasteiger partial charge in [0.15, 0.2) is 0 Å². The van der Waals surface area contributed by atoms with Gasteiger partial charge in [-0.2, -0.15) is 5.26 Å². The van der Waals surface area contributed by atoms with Gasteiger partial charge in [0.25, 0.3) is 0 Å². The zero-order valence-electron chi connectivity index (χ0n) is 11.5. The van der Waals surface area contributed by atoms with Gasteiger partial charge in [-0.1, -0.05) is 72.8 Å². The van der Waals surface area contributed by atoms with Crippen LogP contribution in [0.15, 0.2) is 72.8 Å². The molecule has 0 aliphatic carbocycles. The van der Waals surface area contributed by atoms with Gasteiger partial charge in [0, 0.05) is 0 Å². The van der Waals surface area contributed by atoms with E-state index in [1.165, 1.54) is 0 Å². The van der Waals surface area contributed by atoms with E-state index < -0.39 is 12.0 Å². The maximum atomic E-state index is 10.6. The first-order valence-electron chi connectivity index (χ1n) is 6.91. The van der Waals surface area contributed by atoms with Crippen molar-refractivity contribution in [2.45, 2.75) is 12.0 Å². The number of fused-ring (bicyclic) bond motifs is 1. The topological polar surface area (TPSA) is 44.0 Å². The van der Waals surface area contributed by atoms with Crippen LogP contribution in [-0.4, -0.2) is 5.11 Å². The SMILES string of the molecule is N#C[C@@H](c1cccc2ccccc12)[C@H](O)c1ccccc1. The zero-order chi connectivity index (χ0) is 14.7. The van der Waals surface area contributed by atoms with Gasteiger partial charge >= 0.3 is 0 Å². The van der Waals surface area contributed by atoms with Gasteiger partial charge in [0.05, 0.1) is 12.2 Å². The van der Waals surface area contributed by atoms with Crippen molar-refractivity contribution in [1.82, 2.24) is 0 Å². The average molecular weight is 273 g/mol. The van der Waals surface area contributed by atoms with E-state index in [1.807, 2.05) is 72.8 Å². The molecule has 21 heavy (non-hydrogen) atoms. The number of hydrogen-bond acceptors (Lipinski definition) is 2. The molecule has 0 amide bonds. The average Bonchev–Trinajstić information content (AvgIpc) is 2.56. The molecule has 3 aromatic carbocycles. The van der Waals surface area contributed by atoms with E-state index in [4.69, 9.17) is 0 Å². The normalized spacial score (nSPS) is 13.5. The number of hydrogen-bond donors (Lipinski definition) is 1. The minimum absolute atomic E-state index is 0.585. The molecule has 0 fully saturated rings. The summed E-state index contributed by atoms with van der Waals surface area (Å²) in [6, 6.07) is 25.4. The molecule has 0 saturated heterocycles. The Morgan fingerprint density at radius 2 is 1.48 bits per heavy atom. The highest BCUT2D eigenvalue weighted by atomic mass is 16.3. The molecule has 2 heteroatoms. The lowest BCUT2D eigenvalue weighted by atomic mass is 9.87. The predicted octanol–water partition coefficient (Wildman–Crippen LogP) is 4.18. The number of aliphatic hydroxyl groups is 1. The monoisotopic (exact) mass is 273 g/mol. The smallest absolute Gasteiger partial charge is 0.102 e. The Balaban J connectivity index is 2.09. The van der Waals surface area contributed by atoms with Crippen LogP contribution in [0.25, 0.3) is 10.8 Å². The number of aliphatic hydroxyl groups excluding tert-OH is 1. The highest BCUT2D eigenvalue weighted by Crippen LogP contribution is 2.34. The molecule has 0 spiro atoms. The Bertz CT molecular complexity index is 784. The Hall–Kier alpha value is -2.63. The molecule has 2 nitrogen and oxygen atoms in total. The van der Waals surface area contributed by atoms with Crippen molar-refractivity contribution >= 4 is 10.8 Å². The van der Waals surface area contributed by atoms with Crippen LogP contribution >= 0.6 is 0 Å². The quantitative estimate of drug-likeness (QED) is 0.778. The van der Waals surface area contributed by atoms with E-state index in [2.05, 4.69) is 6.07 Å². The third-order valence-electron chi connectivity index (χ3n) is 3.75. The summed E-state index contributed by atoms with van der Waals surface area (Å²) >= 11 is 0. The van der Waals surface area contributed by atoms with Gasteiger partial charge in [-0.15, -0.1) is 0 Å². The van der Waals surface area contributed by atoms with Crippen LogP contribution in [-0.2, 0) is 0 Å². The molecule has 102 valence electrons. The second-order valence-corrected chi connectivity index (χ2v) is 5.03. The Labute approximate surface area is 123 Å². The standard InChI is InChI=1S/C19H15NO/c20-13-18(19(21)15-8-2-1-3-9-15)17-12-6-10-14-7-4-5-11-16(14)17/h1-12,18-19,21H/t18-,19+/m0/s1. The first kappa shape index (κ1) is 13.4. The first-order valence-corrected chi connectivity index (χ1v) is 6.91. The molecular formula is C19H15NO. The van der Waals surface area contributed by atoms with E-state index in [9.17, 15) is 10.4 Å². The molecule has 0 radical (unpaired) electrons. The number of rotatable bonds is 3. The lowest BCUT2D eigenvalue weighted by molar-refractivity contribution is 0.164. The third-order valence-corrected chi connectivity index (χ3v) is 3.75. The fraction of sp³-hybridized carbons (Fsp3) is 0.105. The van der Waals surface area contributed by atoms with Gasteiger partial charge < -0.3 is 5.11 Å². The fourth-order valence-corrected chi connectivity index (χ4v) is 2.67. The minimum atomic E-state index is -0.831. The Morgan fingerprint density at radius 1 is 0.810 bits per heavy atom. The molecule has 2 atom stereocenters. The molecule has 0 unspecified atom stereocenters. The van der Waals surface area contributed by atoms with E-state index >= 15 is 0 Å². The summed E-state index contributed by atoms with van der Waals surface area (Å²) in [6.07, 6.45) is -0.831. The van der Waals surface area contributed by atoms with Gasteiger partial charge in [0.1, 0.15) is 5.92 Å². The summed E-state index contributed by atoms with van der Waals surface area (Å²) in [6.45, 7) is 0. The van der Waals surface area contributed by atoms with Crippen molar-refractivity contribution in [3.8, 4) is 6.07 Å². The van der Waals surface area contributed by atoms with Crippen molar-refractivity contribution in [3.05, 3.63) is 83.9 Å². The summed E-state index contributed by atoms with van der Waals surface area (Å²) < 4.78 is 0. The Morgan fingerprint density at radius 3 is 2.24 bits per heavy atom. The maximum absolute atomic E-state index is 10.6. The summed E-state index contributed by atoms with van der Waals surface area (Å²) in [4.78, 5) is 0. The molecule has 0 heterocycles.